The molecule has 0 fully saturated rings. The average molecular weight is 316 g/mol. The van der Waals surface area contributed by atoms with E-state index < -0.39 is 11.6 Å². The Labute approximate surface area is 112 Å². The number of halogens is 3. The van der Waals surface area contributed by atoms with Crippen molar-refractivity contribution < 1.29 is 8.78 Å². The second-order valence-electron chi connectivity index (χ2n) is 4.16. The van der Waals surface area contributed by atoms with Gasteiger partial charge in [0, 0.05) is 6.04 Å². The molecule has 96 valence electrons. The molecule has 0 spiro atoms. The normalized spacial score (nSPS) is 11.2. The summed E-state index contributed by atoms with van der Waals surface area (Å²) in [6.45, 7) is 3.88. The molecule has 0 bridgehead atoms. The molecule has 0 amide bonds. The number of hydrogen-bond acceptors (Lipinski definition) is 2. The monoisotopic (exact) mass is 315 g/mol. The summed E-state index contributed by atoms with van der Waals surface area (Å²) >= 11 is 3.30. The largest absolute Gasteiger partial charge is 0.308 e. The van der Waals surface area contributed by atoms with Gasteiger partial charge >= 0.3 is 0 Å². The van der Waals surface area contributed by atoms with Crippen LogP contribution in [0.15, 0.2) is 18.2 Å². The van der Waals surface area contributed by atoms with Crippen LogP contribution in [-0.4, -0.2) is 14.8 Å². The second-order valence-corrected chi connectivity index (χ2v) is 4.72. The molecule has 1 aromatic carbocycles. The third-order valence-corrected chi connectivity index (χ3v) is 3.07. The molecule has 0 aliphatic rings. The van der Waals surface area contributed by atoms with Crippen molar-refractivity contribution in [1.29, 1.82) is 0 Å². The molecule has 0 N–H and O–H groups in total. The lowest BCUT2D eigenvalue weighted by atomic mass is 10.2. The Hall–Kier alpha value is -1.30. The van der Waals surface area contributed by atoms with Crippen molar-refractivity contribution in [3.63, 3.8) is 0 Å². The molecule has 1 aromatic heterocycles. The highest BCUT2D eigenvalue weighted by Gasteiger charge is 2.18. The Morgan fingerprint density at radius 3 is 2.61 bits per heavy atom. The predicted octanol–water partition coefficient (Wildman–Crippen LogP) is 3.70. The SMILES string of the molecule is CC(C)n1c(CBr)nnc1-c1cc(F)ccc1F. The van der Waals surface area contributed by atoms with E-state index >= 15 is 0 Å². The average Bonchev–Trinajstić information content (AvgIpc) is 2.75. The van der Waals surface area contributed by atoms with Crippen LogP contribution in [0.2, 0.25) is 0 Å². The Morgan fingerprint density at radius 1 is 1.28 bits per heavy atom. The Bertz CT molecular complexity index is 566. The van der Waals surface area contributed by atoms with E-state index in [2.05, 4.69) is 26.1 Å². The quantitative estimate of drug-likeness (QED) is 0.809. The van der Waals surface area contributed by atoms with E-state index in [9.17, 15) is 8.78 Å². The third kappa shape index (κ3) is 2.29. The lowest BCUT2D eigenvalue weighted by Gasteiger charge is -2.13. The minimum atomic E-state index is -0.508. The van der Waals surface area contributed by atoms with Crippen LogP contribution in [0, 0.1) is 11.6 Å². The topological polar surface area (TPSA) is 30.7 Å². The molecule has 0 atom stereocenters. The van der Waals surface area contributed by atoms with Crippen LogP contribution in [0.1, 0.15) is 25.7 Å². The van der Waals surface area contributed by atoms with Crippen molar-refractivity contribution in [2.45, 2.75) is 25.2 Å². The number of rotatable bonds is 3. The van der Waals surface area contributed by atoms with E-state index in [1.54, 1.807) is 4.57 Å². The van der Waals surface area contributed by atoms with E-state index in [4.69, 9.17) is 0 Å². The molecule has 0 unspecified atom stereocenters. The third-order valence-electron chi connectivity index (χ3n) is 2.57. The zero-order valence-electron chi connectivity index (χ0n) is 9.99. The first kappa shape index (κ1) is 13.1. The van der Waals surface area contributed by atoms with Gasteiger partial charge in [0.15, 0.2) is 5.82 Å². The zero-order chi connectivity index (χ0) is 13.3. The summed E-state index contributed by atoms with van der Waals surface area (Å²) in [6.07, 6.45) is 0. The molecule has 0 aliphatic heterocycles. The molecule has 1 heterocycles. The van der Waals surface area contributed by atoms with E-state index in [1.165, 1.54) is 0 Å². The van der Waals surface area contributed by atoms with Crippen LogP contribution in [0.25, 0.3) is 11.4 Å². The highest BCUT2D eigenvalue weighted by molar-refractivity contribution is 9.08. The van der Waals surface area contributed by atoms with Crippen LogP contribution in [0.4, 0.5) is 8.78 Å². The maximum absolute atomic E-state index is 13.8. The fourth-order valence-electron chi connectivity index (χ4n) is 1.81. The molecule has 2 aromatic rings. The van der Waals surface area contributed by atoms with Crippen LogP contribution in [0.5, 0.6) is 0 Å². The molecular weight excluding hydrogens is 304 g/mol. The summed E-state index contributed by atoms with van der Waals surface area (Å²) in [4.78, 5) is 0. The van der Waals surface area contributed by atoms with Crippen molar-refractivity contribution in [2.75, 3.05) is 0 Å². The van der Waals surface area contributed by atoms with E-state index in [1.807, 2.05) is 13.8 Å². The summed E-state index contributed by atoms with van der Waals surface area (Å²) in [7, 11) is 0. The van der Waals surface area contributed by atoms with Gasteiger partial charge in [-0.2, -0.15) is 0 Å². The smallest absolute Gasteiger partial charge is 0.167 e. The van der Waals surface area contributed by atoms with Gasteiger partial charge in [0.2, 0.25) is 0 Å². The lowest BCUT2D eigenvalue weighted by molar-refractivity contribution is 0.575. The number of aromatic nitrogens is 3. The van der Waals surface area contributed by atoms with Crippen LogP contribution >= 0.6 is 15.9 Å². The fraction of sp³-hybridized carbons (Fsp3) is 0.333. The lowest BCUT2D eigenvalue weighted by Crippen LogP contribution is -2.07. The van der Waals surface area contributed by atoms with E-state index in [0.717, 1.165) is 18.2 Å². The first-order valence-electron chi connectivity index (χ1n) is 5.49. The highest BCUT2D eigenvalue weighted by atomic mass is 79.9. The number of nitrogens with zero attached hydrogens (tertiary/aromatic N) is 3. The molecule has 0 saturated carbocycles. The molecule has 0 radical (unpaired) electrons. The summed E-state index contributed by atoms with van der Waals surface area (Å²) in [5.74, 6) is 0.0250. The summed E-state index contributed by atoms with van der Waals surface area (Å²) in [6, 6.07) is 3.37. The van der Waals surface area contributed by atoms with Gasteiger partial charge in [0.1, 0.15) is 17.5 Å². The molecule has 18 heavy (non-hydrogen) atoms. The van der Waals surface area contributed by atoms with Crippen molar-refractivity contribution in [1.82, 2.24) is 14.8 Å². The first-order valence-corrected chi connectivity index (χ1v) is 6.62. The zero-order valence-corrected chi connectivity index (χ0v) is 11.6. The molecule has 2 rings (SSSR count). The number of alkyl halides is 1. The maximum atomic E-state index is 13.8. The van der Waals surface area contributed by atoms with Gasteiger partial charge in [-0.25, -0.2) is 8.78 Å². The Balaban J connectivity index is 2.63. The standard InChI is InChI=1S/C12H12BrF2N3/c1-7(2)18-11(6-13)16-17-12(18)9-5-8(14)3-4-10(9)15/h3-5,7H,6H2,1-2H3. The molecule has 3 nitrogen and oxygen atoms in total. The molecule has 6 heteroatoms. The maximum Gasteiger partial charge on any atom is 0.167 e. The van der Waals surface area contributed by atoms with Gasteiger partial charge in [-0.1, -0.05) is 15.9 Å². The van der Waals surface area contributed by atoms with Crippen LogP contribution < -0.4 is 0 Å². The number of hydrogen-bond donors (Lipinski definition) is 0. The Kier molecular flexibility index (Phi) is 3.75. The van der Waals surface area contributed by atoms with E-state index in [0.29, 0.717) is 17.0 Å². The fourth-order valence-corrected chi connectivity index (χ4v) is 2.19. The molecular formula is C12H12BrF2N3. The second kappa shape index (κ2) is 5.14. The predicted molar refractivity (Wildman–Crippen MR) is 68.4 cm³/mol. The first-order chi connectivity index (χ1) is 8.54. The summed E-state index contributed by atoms with van der Waals surface area (Å²) in [5.41, 5.74) is 0.128. The van der Waals surface area contributed by atoms with Crippen molar-refractivity contribution in [3.05, 3.63) is 35.7 Å². The van der Waals surface area contributed by atoms with Crippen molar-refractivity contribution in [3.8, 4) is 11.4 Å². The van der Waals surface area contributed by atoms with Gasteiger partial charge in [-0.3, -0.25) is 0 Å². The number of benzene rings is 1. The van der Waals surface area contributed by atoms with Crippen LogP contribution in [-0.2, 0) is 5.33 Å². The molecule has 0 saturated heterocycles. The van der Waals surface area contributed by atoms with Gasteiger partial charge in [0.05, 0.1) is 10.9 Å². The highest BCUT2D eigenvalue weighted by Crippen LogP contribution is 2.26. The van der Waals surface area contributed by atoms with Crippen molar-refractivity contribution >= 4 is 15.9 Å². The van der Waals surface area contributed by atoms with Gasteiger partial charge in [-0.05, 0) is 32.0 Å². The summed E-state index contributed by atoms with van der Waals surface area (Å²) in [5, 5.41) is 8.45. The Morgan fingerprint density at radius 2 is 2.00 bits per heavy atom. The molecule has 0 aliphatic carbocycles. The van der Waals surface area contributed by atoms with Crippen LogP contribution in [0.3, 0.4) is 0 Å². The van der Waals surface area contributed by atoms with E-state index in [-0.39, 0.29) is 11.6 Å². The van der Waals surface area contributed by atoms with Crippen molar-refractivity contribution in [2.24, 2.45) is 0 Å². The van der Waals surface area contributed by atoms with Gasteiger partial charge in [0.25, 0.3) is 0 Å². The minimum absolute atomic E-state index is 0.0604. The van der Waals surface area contributed by atoms with Gasteiger partial charge in [-0.15, -0.1) is 10.2 Å². The summed E-state index contributed by atoms with van der Waals surface area (Å²) < 4.78 is 28.8. The minimum Gasteiger partial charge on any atom is -0.308 e. The van der Waals surface area contributed by atoms with Gasteiger partial charge < -0.3 is 4.57 Å².